The first-order valence-electron chi connectivity index (χ1n) is 3.75. The van der Waals surface area contributed by atoms with Gasteiger partial charge < -0.3 is 5.43 Å². The van der Waals surface area contributed by atoms with Crippen molar-refractivity contribution >= 4 is 34.0 Å². The normalized spacial score (nSPS) is 11.3. The van der Waals surface area contributed by atoms with Gasteiger partial charge in [-0.15, -0.1) is 0 Å². The largest absolute Gasteiger partial charge is 0.416 e. The van der Waals surface area contributed by atoms with E-state index in [4.69, 9.17) is 5.84 Å². The molecule has 1 aromatic heterocycles. The Morgan fingerprint density at radius 3 is 2.60 bits per heavy atom. The SMILES string of the molecule is C=C(c1c(I)ccnc1NN)C(F)(F)F. The minimum absolute atomic E-state index is 0.0378. The molecule has 1 aromatic rings. The van der Waals surface area contributed by atoms with Crippen LogP contribution < -0.4 is 11.3 Å². The fraction of sp³-hybridized carbons (Fsp3) is 0.125. The topological polar surface area (TPSA) is 50.9 Å². The first kappa shape index (κ1) is 12.2. The molecule has 0 aliphatic carbocycles. The molecule has 0 fully saturated rings. The van der Waals surface area contributed by atoms with Crippen LogP contribution in [0.5, 0.6) is 0 Å². The number of halogens is 4. The van der Waals surface area contributed by atoms with Crippen molar-refractivity contribution in [1.29, 1.82) is 0 Å². The number of nitrogens with zero attached hydrogens (tertiary/aromatic N) is 1. The van der Waals surface area contributed by atoms with Gasteiger partial charge >= 0.3 is 6.18 Å². The predicted molar refractivity (Wildman–Crippen MR) is 59.9 cm³/mol. The number of anilines is 1. The molecule has 0 aliphatic rings. The zero-order valence-electron chi connectivity index (χ0n) is 7.40. The fourth-order valence-corrected chi connectivity index (χ4v) is 1.72. The Morgan fingerprint density at radius 1 is 1.53 bits per heavy atom. The highest BCUT2D eigenvalue weighted by Crippen LogP contribution is 2.37. The molecule has 0 saturated heterocycles. The first-order chi connectivity index (χ1) is 6.88. The third-order valence-corrected chi connectivity index (χ3v) is 2.58. The van der Waals surface area contributed by atoms with Gasteiger partial charge in [0.05, 0.1) is 5.57 Å². The van der Waals surface area contributed by atoms with Crippen molar-refractivity contribution in [1.82, 2.24) is 4.98 Å². The Morgan fingerprint density at radius 2 is 2.13 bits per heavy atom. The van der Waals surface area contributed by atoms with E-state index < -0.39 is 11.7 Å². The molecule has 82 valence electrons. The van der Waals surface area contributed by atoms with Crippen molar-refractivity contribution in [2.75, 3.05) is 5.43 Å². The molecule has 3 nitrogen and oxygen atoms in total. The van der Waals surface area contributed by atoms with Gasteiger partial charge in [-0.2, -0.15) is 13.2 Å². The lowest BCUT2D eigenvalue weighted by Gasteiger charge is -2.14. The summed E-state index contributed by atoms with van der Waals surface area (Å²) in [4.78, 5) is 3.69. The molecule has 3 N–H and O–H groups in total. The van der Waals surface area contributed by atoms with Crippen LogP contribution in [0.1, 0.15) is 5.56 Å². The highest BCUT2D eigenvalue weighted by molar-refractivity contribution is 14.1. The molecule has 0 bridgehead atoms. The van der Waals surface area contributed by atoms with Gasteiger partial charge in [0.25, 0.3) is 0 Å². The third kappa shape index (κ3) is 2.59. The van der Waals surface area contributed by atoms with Crippen LogP contribution in [-0.2, 0) is 0 Å². The summed E-state index contributed by atoms with van der Waals surface area (Å²) in [5.74, 6) is 5.04. The van der Waals surface area contributed by atoms with Gasteiger partial charge in [0.2, 0.25) is 0 Å². The van der Waals surface area contributed by atoms with Gasteiger partial charge in [-0.25, -0.2) is 10.8 Å². The van der Waals surface area contributed by atoms with Crippen molar-refractivity contribution in [3.05, 3.63) is 28.0 Å². The van der Waals surface area contributed by atoms with E-state index in [0.717, 1.165) is 0 Å². The zero-order chi connectivity index (χ0) is 11.6. The van der Waals surface area contributed by atoms with Crippen LogP contribution in [0.2, 0.25) is 0 Å². The minimum Gasteiger partial charge on any atom is -0.308 e. The van der Waals surface area contributed by atoms with Crippen molar-refractivity contribution in [2.45, 2.75) is 6.18 Å². The lowest BCUT2D eigenvalue weighted by molar-refractivity contribution is -0.0686. The van der Waals surface area contributed by atoms with Crippen LogP contribution in [0, 0.1) is 3.57 Å². The van der Waals surface area contributed by atoms with E-state index in [1.807, 2.05) is 0 Å². The van der Waals surface area contributed by atoms with Crippen LogP contribution in [-0.4, -0.2) is 11.2 Å². The number of aromatic nitrogens is 1. The van der Waals surface area contributed by atoms with Gasteiger partial charge in [0, 0.05) is 15.3 Å². The Labute approximate surface area is 97.7 Å². The standard InChI is InChI=1S/C8H7F3IN3/c1-4(8(9,10)11)6-5(12)2-3-14-7(6)15-13/h2-3H,1,13H2,(H,14,15). The Bertz CT molecular complexity index is 389. The Hall–Kier alpha value is -0.830. The van der Waals surface area contributed by atoms with Crippen LogP contribution >= 0.6 is 22.6 Å². The average molecular weight is 329 g/mol. The monoisotopic (exact) mass is 329 g/mol. The first-order valence-corrected chi connectivity index (χ1v) is 4.83. The summed E-state index contributed by atoms with van der Waals surface area (Å²) < 4.78 is 37.7. The third-order valence-electron chi connectivity index (χ3n) is 1.68. The Balaban J connectivity index is 3.30. The van der Waals surface area contributed by atoms with E-state index in [2.05, 4.69) is 17.0 Å². The van der Waals surface area contributed by atoms with Crippen LogP contribution in [0.4, 0.5) is 19.0 Å². The van der Waals surface area contributed by atoms with Crippen molar-refractivity contribution in [2.24, 2.45) is 5.84 Å². The predicted octanol–water partition coefficient (Wildman–Crippen LogP) is 2.55. The highest BCUT2D eigenvalue weighted by Gasteiger charge is 2.35. The maximum atomic E-state index is 12.4. The average Bonchev–Trinajstić information content (AvgIpc) is 2.15. The minimum atomic E-state index is -4.49. The molecule has 0 amide bonds. The molecule has 0 radical (unpaired) electrons. The number of rotatable bonds is 2. The van der Waals surface area contributed by atoms with Crippen molar-refractivity contribution in [3.63, 3.8) is 0 Å². The van der Waals surface area contributed by atoms with Gasteiger partial charge in [0.15, 0.2) is 0 Å². The quantitative estimate of drug-likeness (QED) is 0.498. The molecule has 0 saturated carbocycles. The fourth-order valence-electron chi connectivity index (χ4n) is 0.976. The summed E-state index contributed by atoms with van der Waals surface area (Å²) in [6.45, 7) is 3.00. The summed E-state index contributed by atoms with van der Waals surface area (Å²) in [6, 6.07) is 1.45. The lowest BCUT2D eigenvalue weighted by Crippen LogP contribution is -2.16. The maximum Gasteiger partial charge on any atom is 0.416 e. The number of hydrogen-bond donors (Lipinski definition) is 2. The molecule has 15 heavy (non-hydrogen) atoms. The van der Waals surface area contributed by atoms with Crippen LogP contribution in [0.25, 0.3) is 5.57 Å². The number of allylic oxidation sites excluding steroid dienone is 1. The van der Waals surface area contributed by atoms with Crippen molar-refractivity contribution in [3.8, 4) is 0 Å². The van der Waals surface area contributed by atoms with E-state index in [1.165, 1.54) is 12.3 Å². The van der Waals surface area contributed by atoms with E-state index >= 15 is 0 Å². The number of pyridine rings is 1. The van der Waals surface area contributed by atoms with Crippen molar-refractivity contribution < 1.29 is 13.2 Å². The number of nitrogen functional groups attached to an aromatic ring is 1. The second-order valence-corrected chi connectivity index (χ2v) is 3.80. The van der Waals surface area contributed by atoms with E-state index in [0.29, 0.717) is 3.57 Å². The molecule has 0 aliphatic heterocycles. The maximum absolute atomic E-state index is 12.4. The van der Waals surface area contributed by atoms with Crippen LogP contribution in [0.3, 0.4) is 0 Å². The van der Waals surface area contributed by atoms with Gasteiger partial charge in [0.1, 0.15) is 5.82 Å². The van der Waals surface area contributed by atoms with Gasteiger partial charge in [-0.05, 0) is 28.7 Å². The highest BCUT2D eigenvalue weighted by atomic mass is 127. The summed E-state index contributed by atoms with van der Waals surface area (Å²) >= 11 is 1.77. The molecule has 0 unspecified atom stereocenters. The molecule has 0 atom stereocenters. The van der Waals surface area contributed by atoms with E-state index in [1.54, 1.807) is 22.6 Å². The van der Waals surface area contributed by atoms with E-state index in [9.17, 15) is 13.2 Å². The molecule has 1 rings (SSSR count). The zero-order valence-corrected chi connectivity index (χ0v) is 9.56. The molecule has 1 heterocycles. The van der Waals surface area contributed by atoms with E-state index in [-0.39, 0.29) is 11.4 Å². The number of hydrogen-bond acceptors (Lipinski definition) is 3. The number of nitrogens with one attached hydrogen (secondary N) is 1. The number of hydrazine groups is 1. The molecule has 7 heteroatoms. The summed E-state index contributed by atoms with van der Waals surface area (Å²) in [5.41, 5.74) is 1.03. The molecular formula is C8H7F3IN3. The molecule has 0 aromatic carbocycles. The molecular weight excluding hydrogens is 322 g/mol. The number of alkyl halides is 3. The summed E-state index contributed by atoms with van der Waals surface area (Å²) in [6.07, 6.45) is -3.13. The molecule has 0 spiro atoms. The summed E-state index contributed by atoms with van der Waals surface area (Å²) in [7, 11) is 0. The lowest BCUT2D eigenvalue weighted by atomic mass is 10.1. The Kier molecular flexibility index (Phi) is 3.55. The van der Waals surface area contributed by atoms with Crippen LogP contribution in [0.15, 0.2) is 18.8 Å². The van der Waals surface area contributed by atoms with Gasteiger partial charge in [-0.1, -0.05) is 6.58 Å². The summed E-state index contributed by atoms with van der Waals surface area (Å²) in [5, 5.41) is 0. The second-order valence-electron chi connectivity index (χ2n) is 2.64. The van der Waals surface area contributed by atoms with Gasteiger partial charge in [-0.3, -0.25) is 0 Å². The second kappa shape index (κ2) is 4.35. The smallest absolute Gasteiger partial charge is 0.308 e. The number of nitrogens with two attached hydrogens (primary N) is 1.